The predicted octanol–water partition coefficient (Wildman–Crippen LogP) is 3.15. The lowest BCUT2D eigenvalue weighted by molar-refractivity contribution is 0.0727. The van der Waals surface area contributed by atoms with Crippen LogP contribution in [0.3, 0.4) is 0 Å². The zero-order valence-electron chi connectivity index (χ0n) is 10.4. The van der Waals surface area contributed by atoms with Crippen molar-refractivity contribution in [3.05, 3.63) is 34.9 Å². The maximum atomic E-state index is 12.3. The average molecular weight is 252 g/mol. The summed E-state index contributed by atoms with van der Waals surface area (Å²) in [4.78, 5) is 14.1. The summed E-state index contributed by atoms with van der Waals surface area (Å²) in [6, 6.07) is 5.88. The van der Waals surface area contributed by atoms with Crippen LogP contribution in [0.4, 0.5) is 0 Å². The Morgan fingerprint density at radius 1 is 1.35 bits per heavy atom. The summed E-state index contributed by atoms with van der Waals surface area (Å²) in [6.07, 6.45) is 2.02. The van der Waals surface area contributed by atoms with Crippen LogP contribution in [0, 0.1) is 13.8 Å². The molecule has 1 heterocycles. The van der Waals surface area contributed by atoms with Crippen LogP contribution in [-0.4, -0.2) is 29.3 Å². The second-order valence-corrected chi connectivity index (χ2v) is 5.41. The molecule has 1 aliphatic heterocycles. The smallest absolute Gasteiger partial charge is 0.253 e. The van der Waals surface area contributed by atoms with Crippen LogP contribution in [0.1, 0.15) is 34.3 Å². The van der Waals surface area contributed by atoms with Crippen LogP contribution in [0.25, 0.3) is 0 Å². The third-order valence-electron chi connectivity index (χ3n) is 3.40. The van der Waals surface area contributed by atoms with E-state index in [-0.39, 0.29) is 11.3 Å². The number of halogens is 1. The second-order valence-electron chi connectivity index (χ2n) is 4.79. The standard InChI is InChI=1S/C14H18ClNO/c1-10-5-6-12(8-11(10)2)14(17)16-7-3-4-13(15)9-16/h5-6,8,13H,3-4,7,9H2,1-2H3. The number of benzene rings is 1. The molecule has 1 atom stereocenters. The van der Waals surface area contributed by atoms with Crippen molar-refractivity contribution < 1.29 is 4.79 Å². The Morgan fingerprint density at radius 3 is 2.76 bits per heavy atom. The first-order chi connectivity index (χ1) is 8.08. The summed E-state index contributed by atoms with van der Waals surface area (Å²) < 4.78 is 0. The Labute approximate surface area is 108 Å². The van der Waals surface area contributed by atoms with Crippen molar-refractivity contribution in [2.24, 2.45) is 0 Å². The molecule has 2 nitrogen and oxygen atoms in total. The van der Waals surface area contributed by atoms with Gasteiger partial charge in [0.2, 0.25) is 0 Å². The van der Waals surface area contributed by atoms with Gasteiger partial charge in [-0.1, -0.05) is 6.07 Å². The normalized spacial score (nSPS) is 20.4. The number of aryl methyl sites for hydroxylation is 2. The number of alkyl halides is 1. The molecule has 0 aromatic heterocycles. The minimum Gasteiger partial charge on any atom is -0.337 e. The number of amides is 1. The summed E-state index contributed by atoms with van der Waals surface area (Å²) in [5.74, 6) is 0.110. The van der Waals surface area contributed by atoms with Gasteiger partial charge in [0.05, 0.1) is 5.38 Å². The SMILES string of the molecule is Cc1ccc(C(=O)N2CCCC(Cl)C2)cc1C. The van der Waals surface area contributed by atoms with E-state index in [4.69, 9.17) is 11.6 Å². The van der Waals surface area contributed by atoms with E-state index in [1.165, 1.54) is 5.56 Å². The fourth-order valence-electron chi connectivity index (χ4n) is 2.17. The lowest BCUT2D eigenvalue weighted by atomic mass is 10.0. The van der Waals surface area contributed by atoms with Crippen LogP contribution >= 0.6 is 11.6 Å². The van der Waals surface area contributed by atoms with Crippen molar-refractivity contribution in [1.82, 2.24) is 4.90 Å². The largest absolute Gasteiger partial charge is 0.337 e. The molecule has 2 rings (SSSR count). The number of piperidine rings is 1. The first-order valence-corrected chi connectivity index (χ1v) is 6.52. The molecule has 0 N–H and O–H groups in total. The Bertz CT molecular complexity index is 430. The van der Waals surface area contributed by atoms with Crippen LogP contribution in [0.15, 0.2) is 18.2 Å². The minimum absolute atomic E-state index is 0.110. The summed E-state index contributed by atoms with van der Waals surface area (Å²) in [7, 11) is 0. The van der Waals surface area contributed by atoms with Gasteiger partial charge in [0, 0.05) is 18.7 Å². The van der Waals surface area contributed by atoms with Crippen LogP contribution in [0.2, 0.25) is 0 Å². The van der Waals surface area contributed by atoms with Crippen molar-refractivity contribution in [2.75, 3.05) is 13.1 Å². The summed E-state index contributed by atoms with van der Waals surface area (Å²) >= 11 is 6.11. The van der Waals surface area contributed by atoms with Crippen LogP contribution in [-0.2, 0) is 0 Å². The van der Waals surface area contributed by atoms with Gasteiger partial charge in [-0.2, -0.15) is 0 Å². The highest BCUT2D eigenvalue weighted by Gasteiger charge is 2.23. The Kier molecular flexibility index (Phi) is 3.72. The van der Waals surface area contributed by atoms with Crippen LogP contribution in [0.5, 0.6) is 0 Å². The Balaban J connectivity index is 2.15. The molecule has 1 unspecified atom stereocenters. The molecule has 0 bridgehead atoms. The lowest BCUT2D eigenvalue weighted by Crippen LogP contribution is -2.40. The van der Waals surface area contributed by atoms with Gasteiger partial charge in [0.15, 0.2) is 0 Å². The molecule has 1 fully saturated rings. The summed E-state index contributed by atoms with van der Waals surface area (Å²) in [6.45, 7) is 5.59. The van der Waals surface area contributed by atoms with Crippen molar-refractivity contribution >= 4 is 17.5 Å². The number of nitrogens with zero attached hydrogens (tertiary/aromatic N) is 1. The minimum atomic E-state index is 0.110. The number of carbonyl (C=O) groups is 1. The van der Waals surface area contributed by atoms with E-state index in [1.54, 1.807) is 0 Å². The van der Waals surface area contributed by atoms with Crippen molar-refractivity contribution in [1.29, 1.82) is 0 Å². The van der Waals surface area contributed by atoms with E-state index in [0.717, 1.165) is 30.5 Å². The highest BCUT2D eigenvalue weighted by molar-refractivity contribution is 6.21. The molecule has 0 saturated carbocycles. The fraction of sp³-hybridized carbons (Fsp3) is 0.500. The molecule has 1 amide bonds. The Morgan fingerprint density at radius 2 is 2.12 bits per heavy atom. The van der Waals surface area contributed by atoms with E-state index in [9.17, 15) is 4.79 Å². The molecule has 1 aromatic carbocycles. The maximum Gasteiger partial charge on any atom is 0.253 e. The average Bonchev–Trinajstić information content (AvgIpc) is 2.32. The fourth-order valence-corrected chi connectivity index (χ4v) is 2.49. The van der Waals surface area contributed by atoms with Gasteiger partial charge in [0.25, 0.3) is 5.91 Å². The third kappa shape index (κ3) is 2.81. The summed E-state index contributed by atoms with van der Waals surface area (Å²) in [5, 5.41) is 0.110. The summed E-state index contributed by atoms with van der Waals surface area (Å²) in [5.41, 5.74) is 3.16. The number of hydrogen-bond donors (Lipinski definition) is 0. The molecule has 3 heteroatoms. The van der Waals surface area contributed by atoms with Gasteiger partial charge in [-0.25, -0.2) is 0 Å². The first-order valence-electron chi connectivity index (χ1n) is 6.08. The topological polar surface area (TPSA) is 20.3 Å². The molecular weight excluding hydrogens is 234 g/mol. The zero-order chi connectivity index (χ0) is 12.4. The van der Waals surface area contributed by atoms with Gasteiger partial charge in [-0.15, -0.1) is 11.6 Å². The molecule has 1 aromatic rings. The van der Waals surface area contributed by atoms with E-state index in [2.05, 4.69) is 6.92 Å². The van der Waals surface area contributed by atoms with Gasteiger partial charge in [-0.05, 0) is 49.9 Å². The van der Waals surface area contributed by atoms with E-state index >= 15 is 0 Å². The number of carbonyl (C=O) groups excluding carboxylic acids is 1. The number of likely N-dealkylation sites (tertiary alicyclic amines) is 1. The van der Waals surface area contributed by atoms with Gasteiger partial charge in [-0.3, -0.25) is 4.79 Å². The molecule has 92 valence electrons. The van der Waals surface area contributed by atoms with Crippen molar-refractivity contribution in [3.63, 3.8) is 0 Å². The molecule has 17 heavy (non-hydrogen) atoms. The lowest BCUT2D eigenvalue weighted by Gasteiger charge is -2.30. The van der Waals surface area contributed by atoms with Crippen molar-refractivity contribution in [3.8, 4) is 0 Å². The molecule has 1 saturated heterocycles. The monoisotopic (exact) mass is 251 g/mol. The maximum absolute atomic E-state index is 12.3. The predicted molar refractivity (Wildman–Crippen MR) is 70.7 cm³/mol. The highest BCUT2D eigenvalue weighted by Crippen LogP contribution is 2.18. The molecule has 0 spiro atoms. The molecule has 0 aliphatic carbocycles. The Hall–Kier alpha value is -1.02. The molecule has 0 radical (unpaired) electrons. The van der Waals surface area contributed by atoms with Crippen LogP contribution < -0.4 is 0 Å². The van der Waals surface area contributed by atoms with Gasteiger partial charge < -0.3 is 4.90 Å². The van der Waals surface area contributed by atoms with E-state index < -0.39 is 0 Å². The van der Waals surface area contributed by atoms with Gasteiger partial charge in [0.1, 0.15) is 0 Å². The van der Waals surface area contributed by atoms with E-state index in [0.29, 0.717) is 6.54 Å². The van der Waals surface area contributed by atoms with Crippen molar-refractivity contribution in [2.45, 2.75) is 32.1 Å². The third-order valence-corrected chi connectivity index (χ3v) is 3.76. The first kappa shape index (κ1) is 12.4. The zero-order valence-corrected chi connectivity index (χ0v) is 11.1. The van der Waals surface area contributed by atoms with E-state index in [1.807, 2.05) is 30.0 Å². The molecular formula is C14H18ClNO. The number of hydrogen-bond acceptors (Lipinski definition) is 1. The second kappa shape index (κ2) is 5.09. The van der Waals surface area contributed by atoms with Gasteiger partial charge >= 0.3 is 0 Å². The quantitative estimate of drug-likeness (QED) is 0.703. The highest BCUT2D eigenvalue weighted by atomic mass is 35.5. The number of rotatable bonds is 1. The molecule has 1 aliphatic rings.